The summed E-state index contributed by atoms with van der Waals surface area (Å²) in [5, 5.41) is 3.94. The smallest absolute Gasteiger partial charge is 0.159 e. The van der Waals surface area contributed by atoms with Crippen LogP contribution in [-0.2, 0) is 0 Å². The van der Waals surface area contributed by atoms with Gasteiger partial charge in [0.1, 0.15) is 0 Å². The van der Waals surface area contributed by atoms with Gasteiger partial charge in [0.15, 0.2) is 5.82 Å². The summed E-state index contributed by atoms with van der Waals surface area (Å²) in [5.41, 5.74) is 4.75. The third-order valence-corrected chi connectivity index (χ3v) is 2.08. The third-order valence-electron chi connectivity index (χ3n) is 2.08. The number of nitrogens with one attached hydrogen (secondary N) is 1. The van der Waals surface area contributed by atoms with Gasteiger partial charge in [0.05, 0.1) is 6.21 Å². The lowest BCUT2D eigenvalue weighted by Crippen LogP contribution is -1.94. The molecule has 0 radical (unpaired) electrons. The van der Waals surface area contributed by atoms with Crippen molar-refractivity contribution in [2.24, 2.45) is 5.10 Å². The molecular formula is C12H12N4. The fourth-order valence-corrected chi connectivity index (χ4v) is 1.31. The highest BCUT2D eigenvalue weighted by atomic mass is 15.3. The summed E-state index contributed by atoms with van der Waals surface area (Å²) in [7, 11) is 1.77. The molecule has 0 saturated heterocycles. The summed E-state index contributed by atoms with van der Waals surface area (Å²) < 4.78 is 0. The van der Waals surface area contributed by atoms with Gasteiger partial charge >= 0.3 is 0 Å². The van der Waals surface area contributed by atoms with Gasteiger partial charge in [0.25, 0.3) is 0 Å². The van der Waals surface area contributed by atoms with Crippen molar-refractivity contribution in [3.63, 3.8) is 0 Å². The molecule has 4 heteroatoms. The molecule has 2 aromatic rings. The molecule has 0 unspecified atom stereocenters. The van der Waals surface area contributed by atoms with Crippen molar-refractivity contribution in [3.05, 3.63) is 48.3 Å². The van der Waals surface area contributed by atoms with Gasteiger partial charge in [0.2, 0.25) is 0 Å². The second-order valence-corrected chi connectivity index (χ2v) is 3.18. The predicted molar refractivity (Wildman–Crippen MR) is 64.1 cm³/mol. The fourth-order valence-electron chi connectivity index (χ4n) is 1.31. The van der Waals surface area contributed by atoms with E-state index < -0.39 is 0 Å². The molecule has 0 spiro atoms. The van der Waals surface area contributed by atoms with Crippen LogP contribution in [0.1, 0.15) is 5.56 Å². The van der Waals surface area contributed by atoms with Crippen molar-refractivity contribution in [2.75, 3.05) is 7.05 Å². The Morgan fingerprint density at radius 2 is 1.81 bits per heavy atom. The maximum atomic E-state index is 4.18. The minimum Gasteiger partial charge on any atom is -0.313 e. The van der Waals surface area contributed by atoms with E-state index in [1.807, 2.05) is 24.3 Å². The number of hydrogen-bond donors (Lipinski definition) is 1. The third kappa shape index (κ3) is 2.42. The van der Waals surface area contributed by atoms with Gasteiger partial charge in [-0.2, -0.15) is 5.10 Å². The van der Waals surface area contributed by atoms with Crippen molar-refractivity contribution in [2.45, 2.75) is 0 Å². The zero-order valence-electron chi connectivity index (χ0n) is 8.96. The number of rotatable bonds is 3. The van der Waals surface area contributed by atoms with Crippen molar-refractivity contribution in [3.8, 4) is 11.4 Å². The Kier molecular flexibility index (Phi) is 3.23. The van der Waals surface area contributed by atoms with Gasteiger partial charge in [-0.15, -0.1) is 0 Å². The Labute approximate surface area is 94.1 Å². The highest BCUT2D eigenvalue weighted by Gasteiger charge is 1.98. The quantitative estimate of drug-likeness (QED) is 0.622. The molecular weight excluding hydrogens is 200 g/mol. The second kappa shape index (κ2) is 5.02. The summed E-state index contributed by atoms with van der Waals surface area (Å²) in [6.07, 6.45) is 5.23. The van der Waals surface area contributed by atoms with Crippen LogP contribution in [-0.4, -0.2) is 23.2 Å². The lowest BCUT2D eigenvalue weighted by molar-refractivity contribution is 0.908. The number of benzene rings is 1. The van der Waals surface area contributed by atoms with E-state index in [1.165, 1.54) is 0 Å². The van der Waals surface area contributed by atoms with Gasteiger partial charge in [-0.3, -0.25) is 0 Å². The Balaban J connectivity index is 2.23. The van der Waals surface area contributed by atoms with Crippen LogP contribution in [0.25, 0.3) is 11.4 Å². The van der Waals surface area contributed by atoms with Crippen LogP contribution in [0.2, 0.25) is 0 Å². The summed E-state index contributed by atoms with van der Waals surface area (Å²) in [6, 6.07) is 9.72. The molecule has 4 nitrogen and oxygen atoms in total. The molecule has 0 fully saturated rings. The lowest BCUT2D eigenvalue weighted by atomic mass is 10.1. The predicted octanol–water partition coefficient (Wildman–Crippen LogP) is 1.70. The first-order valence-electron chi connectivity index (χ1n) is 4.97. The second-order valence-electron chi connectivity index (χ2n) is 3.18. The van der Waals surface area contributed by atoms with E-state index in [0.717, 1.165) is 17.0 Å². The van der Waals surface area contributed by atoms with Crippen molar-refractivity contribution >= 4 is 6.21 Å². The average molecular weight is 212 g/mol. The Morgan fingerprint density at radius 3 is 2.44 bits per heavy atom. The van der Waals surface area contributed by atoms with Gasteiger partial charge in [0, 0.05) is 25.0 Å². The van der Waals surface area contributed by atoms with E-state index in [4.69, 9.17) is 0 Å². The zero-order valence-corrected chi connectivity index (χ0v) is 8.96. The highest BCUT2D eigenvalue weighted by Crippen LogP contribution is 2.13. The monoisotopic (exact) mass is 212 g/mol. The fraction of sp³-hybridized carbons (Fsp3) is 0.0833. The first-order chi connectivity index (χ1) is 7.90. The van der Waals surface area contributed by atoms with E-state index in [9.17, 15) is 0 Å². The summed E-state index contributed by atoms with van der Waals surface area (Å²) in [4.78, 5) is 8.37. The molecule has 0 bridgehead atoms. The van der Waals surface area contributed by atoms with Gasteiger partial charge in [-0.25, -0.2) is 9.97 Å². The number of nitrogens with zero attached hydrogens (tertiary/aromatic N) is 3. The van der Waals surface area contributed by atoms with Crippen LogP contribution in [0.15, 0.2) is 47.8 Å². The van der Waals surface area contributed by atoms with Crippen molar-refractivity contribution < 1.29 is 0 Å². The SMILES string of the molecule is CNN=Cc1ccc(-c2ncccn2)cc1. The molecule has 2 rings (SSSR count). The van der Waals surface area contributed by atoms with Crippen LogP contribution < -0.4 is 5.43 Å². The van der Waals surface area contributed by atoms with E-state index in [2.05, 4.69) is 20.5 Å². The first kappa shape index (κ1) is 10.3. The zero-order chi connectivity index (χ0) is 11.2. The Hall–Kier alpha value is -2.23. The molecule has 0 amide bonds. The molecule has 16 heavy (non-hydrogen) atoms. The van der Waals surface area contributed by atoms with Crippen LogP contribution >= 0.6 is 0 Å². The van der Waals surface area contributed by atoms with Gasteiger partial charge in [-0.1, -0.05) is 24.3 Å². The minimum absolute atomic E-state index is 0.736. The minimum atomic E-state index is 0.736. The summed E-state index contributed by atoms with van der Waals surface area (Å²) >= 11 is 0. The van der Waals surface area contributed by atoms with Crippen LogP contribution in [0.3, 0.4) is 0 Å². The Bertz CT molecular complexity index is 462. The van der Waals surface area contributed by atoms with Crippen LogP contribution in [0, 0.1) is 0 Å². The number of hydrazone groups is 1. The summed E-state index contributed by atoms with van der Waals surface area (Å²) in [5.74, 6) is 0.736. The van der Waals surface area contributed by atoms with Gasteiger partial charge < -0.3 is 5.43 Å². The molecule has 0 atom stereocenters. The maximum Gasteiger partial charge on any atom is 0.159 e. The number of hydrogen-bond acceptors (Lipinski definition) is 4. The average Bonchev–Trinajstić information content (AvgIpc) is 2.38. The van der Waals surface area contributed by atoms with Crippen molar-refractivity contribution in [1.29, 1.82) is 0 Å². The van der Waals surface area contributed by atoms with Gasteiger partial charge in [-0.05, 0) is 11.6 Å². The topological polar surface area (TPSA) is 50.2 Å². The molecule has 0 saturated carbocycles. The molecule has 0 aliphatic rings. The largest absolute Gasteiger partial charge is 0.313 e. The first-order valence-corrected chi connectivity index (χ1v) is 4.97. The van der Waals surface area contributed by atoms with Crippen molar-refractivity contribution in [1.82, 2.24) is 15.4 Å². The maximum absolute atomic E-state index is 4.18. The molecule has 80 valence electrons. The normalized spacial score (nSPS) is 10.6. The lowest BCUT2D eigenvalue weighted by Gasteiger charge is -1.99. The highest BCUT2D eigenvalue weighted by molar-refractivity contribution is 5.80. The molecule has 1 aromatic heterocycles. The molecule has 0 aliphatic heterocycles. The van der Waals surface area contributed by atoms with E-state index in [-0.39, 0.29) is 0 Å². The Morgan fingerprint density at radius 1 is 1.12 bits per heavy atom. The summed E-state index contributed by atoms with van der Waals surface area (Å²) in [6.45, 7) is 0. The molecule has 0 aliphatic carbocycles. The number of aromatic nitrogens is 2. The molecule has 1 N–H and O–H groups in total. The standard InChI is InChI=1S/C12H12N4/c1-13-16-9-10-3-5-11(6-4-10)12-14-7-2-8-15-12/h2-9,13H,1H3. The molecule has 1 heterocycles. The van der Waals surface area contributed by atoms with E-state index in [1.54, 1.807) is 31.7 Å². The van der Waals surface area contributed by atoms with Crippen LogP contribution in [0.5, 0.6) is 0 Å². The van der Waals surface area contributed by atoms with E-state index >= 15 is 0 Å². The van der Waals surface area contributed by atoms with Crippen LogP contribution in [0.4, 0.5) is 0 Å². The molecule has 1 aromatic carbocycles. The van der Waals surface area contributed by atoms with E-state index in [0.29, 0.717) is 0 Å².